The standard InChI is InChI=1S/C47H28N2/c48-29-33-21-26-42-46-36(33)23-24-39-35(25-27-43(47(39)46)49(42)34-16-8-3-9-17-34)32-20-22-40-41(28-32)45(31-14-6-2-7-15-31)38-19-11-10-18-37(38)44(40)30-12-4-1-5-13-30/h1-28H. The minimum absolute atomic E-state index is 0.699. The summed E-state index contributed by atoms with van der Waals surface area (Å²) in [7, 11) is 0. The van der Waals surface area contributed by atoms with Crippen LogP contribution in [0.4, 0.5) is 0 Å². The van der Waals surface area contributed by atoms with E-state index in [9.17, 15) is 5.26 Å². The van der Waals surface area contributed by atoms with Crippen LogP contribution in [0.15, 0.2) is 170 Å². The van der Waals surface area contributed by atoms with E-state index in [1.54, 1.807) is 0 Å². The molecule has 0 spiro atoms. The summed E-state index contributed by atoms with van der Waals surface area (Å²) >= 11 is 0. The lowest BCUT2D eigenvalue weighted by molar-refractivity contribution is 1.18. The van der Waals surface area contributed by atoms with Gasteiger partial charge in [-0.1, -0.05) is 133 Å². The summed E-state index contributed by atoms with van der Waals surface area (Å²) in [5.41, 5.74) is 11.3. The van der Waals surface area contributed by atoms with Crippen LogP contribution in [0.5, 0.6) is 0 Å². The average molecular weight is 621 g/mol. The number of hydrogen-bond donors (Lipinski definition) is 0. The van der Waals surface area contributed by atoms with Crippen molar-refractivity contribution in [3.05, 3.63) is 175 Å². The molecule has 10 rings (SSSR count). The number of rotatable bonds is 4. The molecule has 1 aromatic heterocycles. The fraction of sp³-hybridized carbons (Fsp3) is 0. The lowest BCUT2D eigenvalue weighted by atomic mass is 9.84. The Morgan fingerprint density at radius 1 is 0.388 bits per heavy atom. The van der Waals surface area contributed by atoms with Crippen molar-refractivity contribution in [3.8, 4) is 45.1 Å². The molecule has 0 bridgehead atoms. The molecule has 0 unspecified atom stereocenters. The molecule has 0 saturated heterocycles. The Balaban J connectivity index is 1.32. The van der Waals surface area contributed by atoms with E-state index in [1.807, 2.05) is 6.07 Å². The zero-order valence-corrected chi connectivity index (χ0v) is 26.6. The van der Waals surface area contributed by atoms with Gasteiger partial charge in [0.1, 0.15) is 0 Å². The molecule has 0 N–H and O–H groups in total. The Kier molecular flexibility index (Phi) is 5.97. The predicted molar refractivity (Wildman–Crippen MR) is 206 cm³/mol. The second-order valence-electron chi connectivity index (χ2n) is 12.7. The third-order valence-electron chi connectivity index (χ3n) is 10.2. The summed E-state index contributed by atoms with van der Waals surface area (Å²) in [6, 6.07) is 63.3. The Hall–Kier alpha value is -6.69. The zero-order chi connectivity index (χ0) is 32.5. The molecule has 0 aliphatic rings. The van der Waals surface area contributed by atoms with E-state index in [2.05, 4.69) is 174 Å². The van der Waals surface area contributed by atoms with E-state index in [0.717, 1.165) is 27.5 Å². The number of benzene rings is 9. The molecule has 0 aliphatic carbocycles. The summed E-state index contributed by atoms with van der Waals surface area (Å²) in [5.74, 6) is 0. The van der Waals surface area contributed by atoms with Crippen LogP contribution in [0.1, 0.15) is 5.56 Å². The number of nitriles is 1. The van der Waals surface area contributed by atoms with Gasteiger partial charge in [0.25, 0.3) is 0 Å². The fourth-order valence-electron chi connectivity index (χ4n) is 8.14. The van der Waals surface area contributed by atoms with Gasteiger partial charge in [-0.15, -0.1) is 0 Å². The normalized spacial score (nSPS) is 11.7. The summed E-state index contributed by atoms with van der Waals surface area (Å²) in [6.07, 6.45) is 0. The highest BCUT2D eigenvalue weighted by Crippen LogP contribution is 2.47. The van der Waals surface area contributed by atoms with Gasteiger partial charge in [0.05, 0.1) is 22.7 Å². The molecule has 0 amide bonds. The lowest BCUT2D eigenvalue weighted by Gasteiger charge is -2.19. The Labute approximate surface area is 283 Å². The van der Waals surface area contributed by atoms with E-state index in [0.29, 0.717) is 5.56 Å². The summed E-state index contributed by atoms with van der Waals surface area (Å²) < 4.78 is 2.34. The number of hydrogen-bond acceptors (Lipinski definition) is 1. The van der Waals surface area contributed by atoms with E-state index < -0.39 is 0 Å². The number of para-hydroxylation sites is 1. The molecule has 0 saturated carbocycles. The second kappa shape index (κ2) is 10.7. The summed E-state index contributed by atoms with van der Waals surface area (Å²) in [5, 5.41) is 19.5. The maximum Gasteiger partial charge on any atom is 0.0998 e. The van der Waals surface area contributed by atoms with E-state index >= 15 is 0 Å². The fourth-order valence-corrected chi connectivity index (χ4v) is 8.14. The smallest absolute Gasteiger partial charge is 0.0998 e. The lowest BCUT2D eigenvalue weighted by Crippen LogP contribution is -1.93. The maximum absolute atomic E-state index is 10.1. The van der Waals surface area contributed by atoms with E-state index in [1.165, 1.54) is 65.7 Å². The predicted octanol–water partition coefficient (Wildman–Crippen LogP) is 12.6. The van der Waals surface area contributed by atoms with Crippen LogP contribution in [0.3, 0.4) is 0 Å². The van der Waals surface area contributed by atoms with Crippen LogP contribution >= 0.6 is 0 Å². The maximum atomic E-state index is 10.1. The van der Waals surface area contributed by atoms with Crippen molar-refractivity contribution in [2.45, 2.75) is 0 Å². The van der Waals surface area contributed by atoms with Crippen molar-refractivity contribution in [1.82, 2.24) is 4.57 Å². The first-order valence-corrected chi connectivity index (χ1v) is 16.7. The highest BCUT2D eigenvalue weighted by atomic mass is 15.0. The second-order valence-corrected chi connectivity index (χ2v) is 12.7. The topological polar surface area (TPSA) is 28.7 Å². The average Bonchev–Trinajstić information content (AvgIpc) is 3.52. The van der Waals surface area contributed by atoms with Crippen LogP contribution in [0.2, 0.25) is 0 Å². The van der Waals surface area contributed by atoms with Gasteiger partial charge in [-0.05, 0) is 96.7 Å². The van der Waals surface area contributed by atoms with Crippen molar-refractivity contribution in [1.29, 1.82) is 5.26 Å². The van der Waals surface area contributed by atoms with Crippen LogP contribution in [0.25, 0.3) is 93.2 Å². The Morgan fingerprint density at radius 3 is 1.55 bits per heavy atom. The molecule has 0 atom stereocenters. The molecule has 49 heavy (non-hydrogen) atoms. The van der Waals surface area contributed by atoms with Gasteiger partial charge in [-0.3, -0.25) is 0 Å². The SMILES string of the molecule is N#Cc1ccc2c3c1ccc1c(-c4ccc5c(-c6ccccc6)c6ccccc6c(-c6ccccc6)c5c4)ccc(c13)n2-c1ccccc1. The van der Waals surface area contributed by atoms with E-state index in [-0.39, 0.29) is 0 Å². The number of fused-ring (bicyclic) bond motifs is 2. The van der Waals surface area contributed by atoms with Gasteiger partial charge in [-0.2, -0.15) is 5.26 Å². The van der Waals surface area contributed by atoms with Crippen LogP contribution in [-0.4, -0.2) is 4.57 Å². The van der Waals surface area contributed by atoms with E-state index in [4.69, 9.17) is 0 Å². The van der Waals surface area contributed by atoms with Crippen LogP contribution < -0.4 is 0 Å². The number of aromatic nitrogens is 1. The first kappa shape index (κ1) is 27.4. The monoisotopic (exact) mass is 620 g/mol. The van der Waals surface area contributed by atoms with Crippen molar-refractivity contribution in [2.24, 2.45) is 0 Å². The highest BCUT2D eigenvalue weighted by molar-refractivity contribution is 6.28. The Morgan fingerprint density at radius 2 is 0.898 bits per heavy atom. The number of nitrogens with zero attached hydrogens (tertiary/aromatic N) is 2. The molecule has 0 aliphatic heterocycles. The third-order valence-corrected chi connectivity index (χ3v) is 10.2. The van der Waals surface area contributed by atoms with Crippen molar-refractivity contribution < 1.29 is 0 Å². The quantitative estimate of drug-likeness (QED) is 0.142. The zero-order valence-electron chi connectivity index (χ0n) is 26.6. The molecular weight excluding hydrogens is 593 g/mol. The third kappa shape index (κ3) is 4.00. The van der Waals surface area contributed by atoms with Crippen LogP contribution in [-0.2, 0) is 0 Å². The molecule has 2 nitrogen and oxygen atoms in total. The molecule has 10 aromatic rings. The Bertz CT molecular complexity index is 2910. The van der Waals surface area contributed by atoms with Gasteiger partial charge in [0.2, 0.25) is 0 Å². The molecule has 9 aromatic carbocycles. The van der Waals surface area contributed by atoms with Gasteiger partial charge >= 0.3 is 0 Å². The summed E-state index contributed by atoms with van der Waals surface area (Å²) in [4.78, 5) is 0. The molecule has 1 heterocycles. The minimum atomic E-state index is 0.699. The van der Waals surface area contributed by atoms with Gasteiger partial charge in [-0.25, -0.2) is 0 Å². The molecule has 0 fully saturated rings. The van der Waals surface area contributed by atoms with Crippen molar-refractivity contribution >= 4 is 54.1 Å². The molecule has 2 heteroatoms. The van der Waals surface area contributed by atoms with Gasteiger partial charge in [0.15, 0.2) is 0 Å². The van der Waals surface area contributed by atoms with Crippen molar-refractivity contribution in [2.75, 3.05) is 0 Å². The highest BCUT2D eigenvalue weighted by Gasteiger charge is 2.22. The van der Waals surface area contributed by atoms with Gasteiger partial charge < -0.3 is 4.57 Å². The molecule has 226 valence electrons. The van der Waals surface area contributed by atoms with Gasteiger partial charge in [0, 0.05) is 21.8 Å². The first-order valence-electron chi connectivity index (χ1n) is 16.7. The summed E-state index contributed by atoms with van der Waals surface area (Å²) in [6.45, 7) is 0. The minimum Gasteiger partial charge on any atom is -0.309 e. The van der Waals surface area contributed by atoms with Crippen molar-refractivity contribution in [3.63, 3.8) is 0 Å². The molecule has 0 radical (unpaired) electrons. The van der Waals surface area contributed by atoms with Crippen LogP contribution in [0, 0.1) is 11.3 Å². The largest absolute Gasteiger partial charge is 0.309 e. The first-order chi connectivity index (χ1) is 24.3. The molecular formula is C47H28N2.